The predicted octanol–water partition coefficient (Wildman–Crippen LogP) is 3.58. The van der Waals surface area contributed by atoms with E-state index in [4.69, 9.17) is 0 Å². The average molecular weight is 487 g/mol. The maximum atomic E-state index is 14.5. The third-order valence-corrected chi connectivity index (χ3v) is 6.17. The Morgan fingerprint density at radius 2 is 1.92 bits per heavy atom. The minimum Gasteiger partial charge on any atom is -0.364 e. The number of carbonyl (C=O) groups excluding carboxylic acids is 1. The van der Waals surface area contributed by atoms with Crippen LogP contribution in [0.4, 0.5) is 20.2 Å². The van der Waals surface area contributed by atoms with Crippen LogP contribution >= 0.6 is 0 Å². The summed E-state index contributed by atoms with van der Waals surface area (Å²) in [7, 11) is 0. The van der Waals surface area contributed by atoms with Crippen molar-refractivity contribution in [1.82, 2.24) is 34.3 Å². The summed E-state index contributed by atoms with van der Waals surface area (Å²) in [6.45, 7) is 0.682. The van der Waals surface area contributed by atoms with Crippen molar-refractivity contribution in [2.75, 3.05) is 16.8 Å². The van der Waals surface area contributed by atoms with Crippen LogP contribution in [-0.2, 0) is 0 Å². The van der Waals surface area contributed by atoms with Gasteiger partial charge in [-0.3, -0.25) is 4.79 Å². The Hall–Kier alpha value is -4.74. The van der Waals surface area contributed by atoms with Crippen molar-refractivity contribution in [1.29, 1.82) is 0 Å². The molecular weight excluding hydrogens is 468 g/mol. The molecule has 0 spiro atoms. The molecule has 1 amide bonds. The summed E-state index contributed by atoms with van der Waals surface area (Å²) < 4.78 is 31.4. The molecule has 1 atom stereocenters. The topological polar surface area (TPSA) is 106 Å². The van der Waals surface area contributed by atoms with E-state index in [1.165, 1.54) is 42.0 Å². The van der Waals surface area contributed by atoms with Gasteiger partial charge in [-0.25, -0.2) is 28.2 Å². The van der Waals surface area contributed by atoms with Gasteiger partial charge in [0.05, 0.1) is 41.4 Å². The fraction of sp³-hybridized carbons (Fsp3) is 0.167. The van der Waals surface area contributed by atoms with Gasteiger partial charge in [0, 0.05) is 24.0 Å². The minimum atomic E-state index is -0.471. The molecule has 10 nitrogen and oxygen atoms in total. The van der Waals surface area contributed by atoms with E-state index in [0.29, 0.717) is 41.2 Å². The molecule has 0 saturated carbocycles. The Morgan fingerprint density at radius 1 is 1.06 bits per heavy atom. The van der Waals surface area contributed by atoms with E-state index in [1.54, 1.807) is 10.7 Å². The maximum Gasteiger partial charge on any atom is 0.259 e. The van der Waals surface area contributed by atoms with Gasteiger partial charge in [0.15, 0.2) is 0 Å². The molecule has 4 aromatic heterocycles. The van der Waals surface area contributed by atoms with Crippen LogP contribution in [0.3, 0.4) is 0 Å². The van der Waals surface area contributed by atoms with Gasteiger partial charge in [-0.1, -0.05) is 0 Å². The molecule has 1 fully saturated rings. The average Bonchev–Trinajstić information content (AvgIpc) is 3.66. The van der Waals surface area contributed by atoms with Crippen molar-refractivity contribution in [3.05, 3.63) is 90.5 Å². The van der Waals surface area contributed by atoms with Gasteiger partial charge in [0.1, 0.15) is 24.3 Å². The van der Waals surface area contributed by atoms with Crippen molar-refractivity contribution in [2.24, 2.45) is 0 Å². The van der Waals surface area contributed by atoms with Gasteiger partial charge in [-0.05, 0) is 43.2 Å². The highest BCUT2D eigenvalue weighted by atomic mass is 19.1. The number of anilines is 2. The summed E-state index contributed by atoms with van der Waals surface area (Å²) in [6, 6.07) is 6.92. The molecule has 0 radical (unpaired) electrons. The quantitative estimate of drug-likeness (QED) is 0.404. The molecular formula is C24H19F2N9O. The van der Waals surface area contributed by atoms with Gasteiger partial charge in [0.25, 0.3) is 11.9 Å². The summed E-state index contributed by atoms with van der Waals surface area (Å²) in [5, 5.41) is 11.0. The van der Waals surface area contributed by atoms with Crippen molar-refractivity contribution in [3.8, 4) is 5.95 Å². The van der Waals surface area contributed by atoms with Crippen molar-refractivity contribution in [3.63, 3.8) is 0 Å². The normalized spacial score (nSPS) is 15.5. The summed E-state index contributed by atoms with van der Waals surface area (Å²) in [5.41, 5.74) is 2.46. The van der Waals surface area contributed by atoms with Gasteiger partial charge < -0.3 is 10.2 Å². The Balaban J connectivity index is 1.27. The molecule has 1 aliphatic heterocycles. The fourth-order valence-corrected chi connectivity index (χ4v) is 4.51. The zero-order valence-electron chi connectivity index (χ0n) is 18.8. The maximum absolute atomic E-state index is 14.5. The molecule has 1 saturated heterocycles. The number of hydrogen-bond donors (Lipinski definition) is 1. The first kappa shape index (κ1) is 21.8. The van der Waals surface area contributed by atoms with Crippen LogP contribution < -0.4 is 10.2 Å². The molecule has 1 N–H and O–H groups in total. The van der Waals surface area contributed by atoms with E-state index < -0.39 is 11.6 Å². The number of benzene rings is 1. The molecule has 1 aliphatic rings. The molecule has 1 aromatic carbocycles. The molecule has 0 bridgehead atoms. The number of rotatable bonds is 5. The van der Waals surface area contributed by atoms with Gasteiger partial charge in [-0.2, -0.15) is 14.9 Å². The van der Waals surface area contributed by atoms with Crippen LogP contribution in [0.5, 0.6) is 0 Å². The summed E-state index contributed by atoms with van der Waals surface area (Å²) in [6.07, 6.45) is 10.5. The third-order valence-electron chi connectivity index (χ3n) is 6.17. The molecule has 6 rings (SSSR count). The number of pyridine rings is 1. The Bertz CT molecular complexity index is 1550. The predicted molar refractivity (Wildman–Crippen MR) is 126 cm³/mol. The number of hydrogen-bond acceptors (Lipinski definition) is 7. The van der Waals surface area contributed by atoms with Crippen molar-refractivity contribution in [2.45, 2.75) is 18.9 Å². The van der Waals surface area contributed by atoms with E-state index in [2.05, 4.69) is 30.5 Å². The molecule has 12 heteroatoms. The smallest absolute Gasteiger partial charge is 0.259 e. The summed E-state index contributed by atoms with van der Waals surface area (Å²) in [5.74, 6) is -0.966. The van der Waals surface area contributed by atoms with Gasteiger partial charge >= 0.3 is 0 Å². The summed E-state index contributed by atoms with van der Waals surface area (Å²) in [4.78, 5) is 27.3. The zero-order chi connectivity index (χ0) is 24.6. The lowest BCUT2D eigenvalue weighted by Gasteiger charge is -2.27. The molecule has 5 aromatic rings. The second-order valence-corrected chi connectivity index (χ2v) is 8.36. The van der Waals surface area contributed by atoms with E-state index in [9.17, 15) is 13.6 Å². The fourth-order valence-electron chi connectivity index (χ4n) is 4.51. The van der Waals surface area contributed by atoms with Crippen LogP contribution in [0, 0.1) is 11.6 Å². The second-order valence-electron chi connectivity index (χ2n) is 8.36. The first-order valence-corrected chi connectivity index (χ1v) is 11.2. The largest absolute Gasteiger partial charge is 0.364 e. The molecule has 180 valence electrons. The number of nitrogens with zero attached hydrogens (tertiary/aromatic N) is 8. The highest BCUT2D eigenvalue weighted by Gasteiger charge is 2.29. The third kappa shape index (κ3) is 3.91. The van der Waals surface area contributed by atoms with Crippen LogP contribution in [0.25, 0.3) is 11.5 Å². The lowest BCUT2D eigenvalue weighted by Crippen LogP contribution is -2.23. The molecule has 0 aliphatic carbocycles. The van der Waals surface area contributed by atoms with Crippen LogP contribution in [-0.4, -0.2) is 46.8 Å². The van der Waals surface area contributed by atoms with E-state index in [0.717, 1.165) is 24.2 Å². The highest BCUT2D eigenvalue weighted by Crippen LogP contribution is 2.38. The first-order chi connectivity index (χ1) is 17.6. The van der Waals surface area contributed by atoms with Gasteiger partial charge in [-0.15, -0.1) is 0 Å². The molecule has 0 unspecified atom stereocenters. The molecule has 5 heterocycles. The minimum absolute atomic E-state index is 0.302. The van der Waals surface area contributed by atoms with Crippen LogP contribution in [0.2, 0.25) is 0 Å². The van der Waals surface area contributed by atoms with Crippen molar-refractivity contribution < 1.29 is 13.6 Å². The monoisotopic (exact) mass is 487 g/mol. The number of halogens is 2. The van der Waals surface area contributed by atoms with Crippen LogP contribution in [0.1, 0.15) is 34.8 Å². The Labute approximate surface area is 203 Å². The SMILES string of the molecule is O=C(Nc1cnc(-n2cncn2)nc1)c1cnn2ccc(N3CCC[C@@H]3c3cc(F)ccc3F)cc12. The van der Waals surface area contributed by atoms with Gasteiger partial charge in [0.2, 0.25) is 0 Å². The van der Waals surface area contributed by atoms with E-state index >= 15 is 0 Å². The second kappa shape index (κ2) is 8.80. The Morgan fingerprint density at radius 3 is 2.72 bits per heavy atom. The number of aromatic nitrogens is 7. The van der Waals surface area contributed by atoms with E-state index in [-0.39, 0.29) is 11.9 Å². The Kier molecular flexibility index (Phi) is 5.32. The number of amides is 1. The number of nitrogens with one attached hydrogen (secondary N) is 1. The van der Waals surface area contributed by atoms with Crippen LogP contribution in [0.15, 0.2) is 67.8 Å². The number of fused-ring (bicyclic) bond motifs is 1. The lowest BCUT2D eigenvalue weighted by molar-refractivity contribution is 0.102. The highest BCUT2D eigenvalue weighted by molar-refractivity contribution is 6.08. The van der Waals surface area contributed by atoms with Crippen molar-refractivity contribution >= 4 is 22.8 Å². The van der Waals surface area contributed by atoms with E-state index in [1.807, 2.05) is 17.0 Å². The standard InChI is InChI=1S/C24H19F2N9O/c25-15-3-4-20(26)18(8-15)21-2-1-6-33(21)17-5-7-34-22(9-17)19(12-30-34)23(36)32-16-10-28-24(29-11-16)35-14-27-13-31-35/h3-5,7-14,21H,1-2,6H2,(H,32,36)/t21-/m1/s1. The molecule has 36 heavy (non-hydrogen) atoms. The first-order valence-electron chi connectivity index (χ1n) is 11.2. The lowest BCUT2D eigenvalue weighted by atomic mass is 10.0. The zero-order valence-corrected chi connectivity index (χ0v) is 18.8. The number of carbonyl (C=O) groups is 1. The summed E-state index contributed by atoms with van der Waals surface area (Å²) >= 11 is 0.